The molecule has 0 aliphatic heterocycles. The van der Waals surface area contributed by atoms with E-state index < -0.39 is 0 Å². The molecule has 0 bridgehead atoms. The van der Waals surface area contributed by atoms with Crippen LogP contribution >= 0.6 is 0 Å². The molecule has 0 aromatic carbocycles. The molecule has 0 saturated carbocycles. The minimum Gasteiger partial charge on any atom is -1.00 e. The molecule has 0 heterocycles. The monoisotopic (exact) mass is 331 g/mol. The Morgan fingerprint density at radius 2 is 1.32 bits per heavy atom. The summed E-state index contributed by atoms with van der Waals surface area (Å²) in [4.78, 5) is 0. The van der Waals surface area contributed by atoms with E-state index in [1.165, 1.54) is 77.2 Å². The van der Waals surface area contributed by atoms with Crippen molar-refractivity contribution in [1.29, 1.82) is 0 Å². The van der Waals surface area contributed by atoms with E-state index in [0.29, 0.717) is 0 Å². The highest BCUT2D eigenvalue weighted by Crippen LogP contribution is 2.16. The van der Waals surface area contributed by atoms with E-state index in [4.69, 9.17) is 0 Å². The van der Waals surface area contributed by atoms with Crippen LogP contribution < -0.4 is 12.4 Å². The van der Waals surface area contributed by atoms with E-state index in [1.807, 2.05) is 6.08 Å². The van der Waals surface area contributed by atoms with Crippen molar-refractivity contribution in [3.8, 4) is 0 Å². The van der Waals surface area contributed by atoms with Crippen LogP contribution in [0.1, 0.15) is 84.5 Å². The molecule has 0 aromatic rings. The number of hydrogen-bond donors (Lipinski definition) is 0. The molecule has 0 aromatic heterocycles. The van der Waals surface area contributed by atoms with Crippen LogP contribution in [0.25, 0.3) is 0 Å². The van der Waals surface area contributed by atoms with Gasteiger partial charge in [0.2, 0.25) is 0 Å². The summed E-state index contributed by atoms with van der Waals surface area (Å²) in [5.41, 5.74) is 0. The van der Waals surface area contributed by atoms with Crippen LogP contribution in [-0.2, 0) is 0 Å². The standard InChI is InChI=1S/C20H42N.ClH/c1-6-8-9-10-11-12-13-14-15-16-17-20(3)19-21(4,5)18-7-2;/h7,20H,2,6,8-19H2,1,3-5H3;1H/q+1;/p-1. The summed E-state index contributed by atoms with van der Waals surface area (Å²) in [5, 5.41) is 0. The van der Waals surface area contributed by atoms with Gasteiger partial charge >= 0.3 is 0 Å². The smallest absolute Gasteiger partial charge is 0.0967 e. The largest absolute Gasteiger partial charge is 1.00 e. The van der Waals surface area contributed by atoms with Gasteiger partial charge in [0.1, 0.15) is 0 Å². The van der Waals surface area contributed by atoms with Gasteiger partial charge in [0.25, 0.3) is 0 Å². The zero-order valence-electron chi connectivity index (χ0n) is 15.9. The van der Waals surface area contributed by atoms with Crippen LogP contribution in [-0.4, -0.2) is 31.7 Å². The first-order valence-electron chi connectivity index (χ1n) is 9.44. The maximum Gasteiger partial charge on any atom is 0.0967 e. The fourth-order valence-electron chi connectivity index (χ4n) is 3.34. The molecule has 0 radical (unpaired) electrons. The summed E-state index contributed by atoms with van der Waals surface area (Å²) in [6, 6.07) is 0. The molecule has 1 nitrogen and oxygen atoms in total. The Balaban J connectivity index is 0. The Morgan fingerprint density at radius 1 is 0.864 bits per heavy atom. The number of likely N-dealkylation sites (N-methyl/N-ethyl adjacent to an activating group) is 1. The quantitative estimate of drug-likeness (QED) is 0.245. The van der Waals surface area contributed by atoms with Crippen LogP contribution in [0.5, 0.6) is 0 Å². The van der Waals surface area contributed by atoms with Gasteiger partial charge in [-0.2, -0.15) is 0 Å². The molecule has 1 atom stereocenters. The maximum absolute atomic E-state index is 3.86. The molecule has 0 N–H and O–H groups in total. The molecule has 0 saturated heterocycles. The SMILES string of the molecule is C=CC[N+](C)(C)CC(C)CCCCCCCCCCCC.[Cl-]. The summed E-state index contributed by atoms with van der Waals surface area (Å²) >= 11 is 0. The molecule has 0 rings (SSSR count). The third-order valence-electron chi connectivity index (χ3n) is 4.48. The Labute approximate surface area is 147 Å². The van der Waals surface area contributed by atoms with Gasteiger partial charge in [-0.25, -0.2) is 0 Å². The lowest BCUT2D eigenvalue weighted by Gasteiger charge is -2.31. The Morgan fingerprint density at radius 3 is 1.77 bits per heavy atom. The van der Waals surface area contributed by atoms with E-state index in [-0.39, 0.29) is 12.4 Å². The second kappa shape index (κ2) is 15.9. The number of quaternary nitrogens is 1. The lowest BCUT2D eigenvalue weighted by molar-refractivity contribution is -0.887. The van der Waals surface area contributed by atoms with Crippen LogP contribution in [0.4, 0.5) is 0 Å². The third-order valence-corrected chi connectivity index (χ3v) is 4.48. The Bertz CT molecular complexity index is 238. The van der Waals surface area contributed by atoms with Gasteiger partial charge in [0, 0.05) is 5.92 Å². The number of halogens is 1. The first-order chi connectivity index (χ1) is 10.0. The van der Waals surface area contributed by atoms with Gasteiger partial charge in [-0.05, 0) is 12.5 Å². The lowest BCUT2D eigenvalue weighted by atomic mass is 10.0. The highest BCUT2D eigenvalue weighted by molar-refractivity contribution is 4.65. The van der Waals surface area contributed by atoms with Crippen molar-refractivity contribution in [3.63, 3.8) is 0 Å². The van der Waals surface area contributed by atoms with Crippen molar-refractivity contribution in [3.05, 3.63) is 12.7 Å². The zero-order valence-corrected chi connectivity index (χ0v) is 16.6. The molecule has 1 unspecified atom stereocenters. The average Bonchev–Trinajstić information content (AvgIpc) is 2.40. The van der Waals surface area contributed by atoms with E-state index in [2.05, 4.69) is 34.5 Å². The summed E-state index contributed by atoms with van der Waals surface area (Å²) in [7, 11) is 4.63. The molecular formula is C20H42ClN. The van der Waals surface area contributed by atoms with Crippen molar-refractivity contribution in [2.45, 2.75) is 84.5 Å². The zero-order chi connectivity index (χ0) is 16.0. The van der Waals surface area contributed by atoms with E-state index in [9.17, 15) is 0 Å². The molecule has 0 aliphatic rings. The number of unbranched alkanes of at least 4 members (excludes halogenated alkanes) is 9. The molecule has 134 valence electrons. The molecule has 22 heavy (non-hydrogen) atoms. The topological polar surface area (TPSA) is 0 Å². The minimum atomic E-state index is 0. The van der Waals surface area contributed by atoms with E-state index >= 15 is 0 Å². The fourth-order valence-corrected chi connectivity index (χ4v) is 3.34. The molecule has 0 fully saturated rings. The predicted molar refractivity (Wildman–Crippen MR) is 97.7 cm³/mol. The third kappa shape index (κ3) is 16.4. The second-order valence-electron chi connectivity index (χ2n) is 7.67. The second-order valence-corrected chi connectivity index (χ2v) is 7.67. The molecule has 2 heteroatoms. The maximum atomic E-state index is 3.86. The van der Waals surface area contributed by atoms with Gasteiger partial charge in [-0.15, -0.1) is 0 Å². The van der Waals surface area contributed by atoms with Gasteiger partial charge in [-0.3, -0.25) is 0 Å². The van der Waals surface area contributed by atoms with Crippen molar-refractivity contribution < 1.29 is 16.9 Å². The molecule has 0 aliphatic carbocycles. The van der Waals surface area contributed by atoms with Gasteiger partial charge in [0.15, 0.2) is 0 Å². The Kier molecular flexibility index (Phi) is 17.5. The Hall–Kier alpha value is -0.0100. The van der Waals surface area contributed by atoms with Gasteiger partial charge in [-0.1, -0.05) is 84.6 Å². The molecule has 0 amide bonds. The summed E-state index contributed by atoms with van der Waals surface area (Å²) in [6.07, 6.45) is 17.8. The van der Waals surface area contributed by atoms with Crippen molar-refractivity contribution in [2.24, 2.45) is 5.92 Å². The van der Waals surface area contributed by atoms with Crippen LogP contribution in [0.2, 0.25) is 0 Å². The number of hydrogen-bond acceptors (Lipinski definition) is 0. The van der Waals surface area contributed by atoms with Crippen molar-refractivity contribution in [2.75, 3.05) is 27.2 Å². The first-order valence-corrected chi connectivity index (χ1v) is 9.44. The highest BCUT2D eigenvalue weighted by atomic mass is 35.5. The summed E-state index contributed by atoms with van der Waals surface area (Å²) in [6.45, 7) is 10.9. The molecule has 0 spiro atoms. The van der Waals surface area contributed by atoms with Crippen LogP contribution in [0.3, 0.4) is 0 Å². The van der Waals surface area contributed by atoms with Crippen molar-refractivity contribution >= 4 is 0 Å². The van der Waals surface area contributed by atoms with Crippen molar-refractivity contribution in [1.82, 2.24) is 0 Å². The molecular weight excluding hydrogens is 290 g/mol. The average molecular weight is 332 g/mol. The van der Waals surface area contributed by atoms with Crippen LogP contribution in [0.15, 0.2) is 12.7 Å². The summed E-state index contributed by atoms with van der Waals surface area (Å²) in [5.74, 6) is 0.842. The highest BCUT2D eigenvalue weighted by Gasteiger charge is 2.16. The lowest BCUT2D eigenvalue weighted by Crippen LogP contribution is -3.00. The fraction of sp³-hybridized carbons (Fsp3) is 0.900. The van der Waals surface area contributed by atoms with Gasteiger partial charge < -0.3 is 16.9 Å². The summed E-state index contributed by atoms with van der Waals surface area (Å²) < 4.78 is 1.09. The number of nitrogens with zero attached hydrogens (tertiary/aromatic N) is 1. The number of rotatable bonds is 15. The first kappa shape index (κ1) is 24.2. The minimum absolute atomic E-state index is 0. The van der Waals surface area contributed by atoms with E-state index in [1.54, 1.807) is 0 Å². The van der Waals surface area contributed by atoms with Crippen LogP contribution in [0, 0.1) is 5.92 Å². The van der Waals surface area contributed by atoms with E-state index in [0.717, 1.165) is 16.9 Å². The van der Waals surface area contributed by atoms with Gasteiger partial charge in [0.05, 0.1) is 27.2 Å². The predicted octanol–water partition coefficient (Wildman–Crippen LogP) is 3.20. The normalized spacial score (nSPS) is 12.7.